The zero-order chi connectivity index (χ0) is 14.8. The minimum atomic E-state index is -0.401. The summed E-state index contributed by atoms with van der Waals surface area (Å²) in [6.07, 6.45) is 6.76. The molecule has 21 heavy (non-hydrogen) atoms. The van der Waals surface area contributed by atoms with Crippen LogP contribution in [0.5, 0.6) is 0 Å². The molecule has 4 atom stereocenters. The second kappa shape index (κ2) is 6.43. The van der Waals surface area contributed by atoms with Crippen molar-refractivity contribution in [3.63, 3.8) is 0 Å². The average Bonchev–Trinajstić information content (AvgIpc) is 3.09. The third kappa shape index (κ3) is 3.13. The maximum absolute atomic E-state index is 13.9. The molecule has 1 N–H and O–H groups in total. The van der Waals surface area contributed by atoms with Gasteiger partial charge in [0.1, 0.15) is 11.6 Å². The van der Waals surface area contributed by atoms with Crippen LogP contribution >= 0.6 is 0 Å². The Morgan fingerprint density at radius 2 is 1.95 bits per heavy atom. The monoisotopic (exact) mass is 293 g/mol. The van der Waals surface area contributed by atoms with Gasteiger partial charge in [-0.1, -0.05) is 19.4 Å². The van der Waals surface area contributed by atoms with Crippen molar-refractivity contribution in [1.82, 2.24) is 5.32 Å². The van der Waals surface area contributed by atoms with E-state index in [4.69, 9.17) is 0 Å². The van der Waals surface area contributed by atoms with Gasteiger partial charge in [-0.3, -0.25) is 0 Å². The molecular weight excluding hydrogens is 268 g/mol. The summed E-state index contributed by atoms with van der Waals surface area (Å²) in [7, 11) is 0. The van der Waals surface area contributed by atoms with Crippen LogP contribution in [0.1, 0.15) is 44.6 Å². The number of halogens is 2. The molecule has 2 aliphatic rings. The van der Waals surface area contributed by atoms with Gasteiger partial charge in [0.15, 0.2) is 0 Å². The fraction of sp³-hybridized carbons (Fsp3) is 0.667. The SMILES string of the molecule is CCCNC(Cc1c(F)cccc1F)C1CC2CCC1C2. The summed E-state index contributed by atoms with van der Waals surface area (Å²) in [4.78, 5) is 0. The molecular formula is C18H25F2N. The van der Waals surface area contributed by atoms with Gasteiger partial charge < -0.3 is 5.32 Å². The first-order valence-corrected chi connectivity index (χ1v) is 8.35. The predicted molar refractivity (Wildman–Crippen MR) is 81.1 cm³/mol. The molecule has 1 aromatic carbocycles. The topological polar surface area (TPSA) is 12.0 Å². The second-order valence-electron chi connectivity index (χ2n) is 6.80. The van der Waals surface area contributed by atoms with E-state index in [1.165, 1.54) is 43.9 Å². The molecule has 3 heteroatoms. The largest absolute Gasteiger partial charge is 0.313 e. The molecule has 0 aliphatic heterocycles. The molecule has 0 saturated heterocycles. The van der Waals surface area contributed by atoms with E-state index < -0.39 is 11.6 Å². The van der Waals surface area contributed by atoms with Crippen LogP contribution < -0.4 is 5.32 Å². The number of hydrogen-bond donors (Lipinski definition) is 1. The van der Waals surface area contributed by atoms with E-state index in [9.17, 15) is 8.78 Å². The predicted octanol–water partition coefficient (Wildman–Crippen LogP) is 4.31. The molecule has 2 fully saturated rings. The first-order valence-electron chi connectivity index (χ1n) is 8.35. The van der Waals surface area contributed by atoms with Crippen LogP contribution in [0, 0.1) is 29.4 Å². The van der Waals surface area contributed by atoms with Gasteiger partial charge in [-0.25, -0.2) is 8.78 Å². The Bertz CT molecular complexity index is 468. The third-order valence-corrected chi connectivity index (χ3v) is 5.45. The van der Waals surface area contributed by atoms with Crippen molar-refractivity contribution in [3.05, 3.63) is 35.4 Å². The van der Waals surface area contributed by atoms with Crippen molar-refractivity contribution in [1.29, 1.82) is 0 Å². The van der Waals surface area contributed by atoms with Gasteiger partial charge in [-0.2, -0.15) is 0 Å². The number of nitrogens with one attached hydrogen (secondary N) is 1. The molecule has 2 bridgehead atoms. The molecule has 0 amide bonds. The summed E-state index contributed by atoms with van der Waals surface area (Å²) >= 11 is 0. The van der Waals surface area contributed by atoms with Crippen molar-refractivity contribution in [2.75, 3.05) is 6.54 Å². The lowest BCUT2D eigenvalue weighted by atomic mass is 9.80. The van der Waals surface area contributed by atoms with Crippen molar-refractivity contribution in [2.24, 2.45) is 17.8 Å². The Balaban J connectivity index is 1.76. The Morgan fingerprint density at radius 3 is 2.52 bits per heavy atom. The second-order valence-corrected chi connectivity index (χ2v) is 6.80. The highest BCUT2D eigenvalue weighted by Crippen LogP contribution is 2.50. The van der Waals surface area contributed by atoms with E-state index in [-0.39, 0.29) is 11.6 Å². The van der Waals surface area contributed by atoms with Crippen LogP contribution in [0.15, 0.2) is 18.2 Å². The van der Waals surface area contributed by atoms with Gasteiger partial charge in [0.2, 0.25) is 0 Å². The summed E-state index contributed by atoms with van der Waals surface area (Å²) < 4.78 is 27.9. The van der Waals surface area contributed by atoms with E-state index in [1.807, 2.05) is 0 Å². The Hall–Kier alpha value is -0.960. The Labute approximate surface area is 126 Å². The highest BCUT2D eigenvalue weighted by molar-refractivity contribution is 5.21. The fourth-order valence-corrected chi connectivity index (χ4v) is 4.44. The van der Waals surface area contributed by atoms with Crippen molar-refractivity contribution >= 4 is 0 Å². The third-order valence-electron chi connectivity index (χ3n) is 5.45. The molecule has 0 spiro atoms. The fourth-order valence-electron chi connectivity index (χ4n) is 4.44. The molecule has 0 aromatic heterocycles. The molecule has 0 heterocycles. The molecule has 2 saturated carbocycles. The highest BCUT2D eigenvalue weighted by atomic mass is 19.1. The van der Waals surface area contributed by atoms with Crippen LogP contribution in [-0.4, -0.2) is 12.6 Å². The smallest absolute Gasteiger partial charge is 0.129 e. The maximum atomic E-state index is 13.9. The normalized spacial score (nSPS) is 29.0. The van der Waals surface area contributed by atoms with E-state index in [2.05, 4.69) is 12.2 Å². The average molecular weight is 293 g/mol. The van der Waals surface area contributed by atoms with E-state index in [1.54, 1.807) is 0 Å². The van der Waals surface area contributed by atoms with E-state index >= 15 is 0 Å². The number of rotatable bonds is 6. The zero-order valence-electron chi connectivity index (χ0n) is 12.7. The van der Waals surface area contributed by atoms with Crippen molar-refractivity contribution < 1.29 is 8.78 Å². The molecule has 116 valence electrons. The van der Waals surface area contributed by atoms with Crippen LogP contribution in [0.2, 0.25) is 0 Å². The zero-order valence-corrected chi connectivity index (χ0v) is 12.7. The molecule has 2 aliphatic carbocycles. The number of benzene rings is 1. The summed E-state index contributed by atoms with van der Waals surface area (Å²) in [5.41, 5.74) is 0.258. The Morgan fingerprint density at radius 1 is 1.19 bits per heavy atom. The summed E-state index contributed by atoms with van der Waals surface area (Å²) in [6.45, 7) is 3.06. The first kappa shape index (κ1) is 15.0. The van der Waals surface area contributed by atoms with Gasteiger partial charge in [0.25, 0.3) is 0 Å². The lowest BCUT2D eigenvalue weighted by Crippen LogP contribution is -2.41. The Kier molecular flexibility index (Phi) is 4.58. The van der Waals surface area contributed by atoms with E-state index in [0.29, 0.717) is 12.3 Å². The lowest BCUT2D eigenvalue weighted by Gasteiger charge is -2.31. The van der Waals surface area contributed by atoms with Gasteiger partial charge in [0.05, 0.1) is 0 Å². The van der Waals surface area contributed by atoms with E-state index in [0.717, 1.165) is 24.8 Å². The van der Waals surface area contributed by atoms with Crippen molar-refractivity contribution in [3.8, 4) is 0 Å². The van der Waals surface area contributed by atoms with Crippen LogP contribution in [0.3, 0.4) is 0 Å². The summed E-state index contributed by atoms with van der Waals surface area (Å²) in [6, 6.07) is 4.40. The van der Waals surface area contributed by atoms with Crippen molar-refractivity contribution in [2.45, 2.75) is 51.5 Å². The molecule has 0 radical (unpaired) electrons. The maximum Gasteiger partial charge on any atom is 0.129 e. The minimum Gasteiger partial charge on any atom is -0.313 e. The van der Waals surface area contributed by atoms with Gasteiger partial charge in [-0.05, 0) is 68.5 Å². The summed E-state index contributed by atoms with van der Waals surface area (Å²) in [5.74, 6) is 1.41. The van der Waals surface area contributed by atoms with Crippen LogP contribution in [0.4, 0.5) is 8.78 Å². The quantitative estimate of drug-likeness (QED) is 0.824. The first-order chi connectivity index (χ1) is 10.2. The molecule has 3 rings (SSSR count). The standard InChI is InChI=1S/C18H25F2N/c1-2-8-21-18(14-10-12-6-7-13(14)9-12)11-15-16(19)4-3-5-17(15)20/h3-5,12-14,18,21H,2,6-11H2,1H3. The number of fused-ring (bicyclic) bond motifs is 2. The highest BCUT2D eigenvalue weighted by Gasteiger charge is 2.43. The minimum absolute atomic E-state index is 0.214. The molecule has 1 nitrogen and oxygen atoms in total. The number of hydrogen-bond acceptors (Lipinski definition) is 1. The van der Waals surface area contributed by atoms with Gasteiger partial charge in [0, 0.05) is 11.6 Å². The lowest BCUT2D eigenvalue weighted by molar-refractivity contribution is 0.244. The molecule has 1 aromatic rings. The summed E-state index contributed by atoms with van der Waals surface area (Å²) in [5, 5.41) is 3.57. The van der Waals surface area contributed by atoms with Crippen LogP contribution in [-0.2, 0) is 6.42 Å². The van der Waals surface area contributed by atoms with Gasteiger partial charge in [-0.15, -0.1) is 0 Å². The van der Waals surface area contributed by atoms with Gasteiger partial charge >= 0.3 is 0 Å². The molecule has 4 unspecified atom stereocenters. The van der Waals surface area contributed by atoms with Crippen LogP contribution in [0.25, 0.3) is 0 Å².